The molecule has 1 unspecified atom stereocenters. The van der Waals surface area contributed by atoms with Gasteiger partial charge in [0.15, 0.2) is 0 Å². The third-order valence-corrected chi connectivity index (χ3v) is 2.33. The number of hydrogen-bond donors (Lipinski definition) is 1. The number of halogens is 6. The minimum atomic E-state index is -5.77. The Morgan fingerprint density at radius 1 is 1.17 bits per heavy atom. The molecule has 0 aromatic heterocycles. The van der Waals surface area contributed by atoms with Crippen LogP contribution in [0, 0.1) is 0 Å². The average Bonchev–Trinajstić information content (AvgIpc) is 2.25. The van der Waals surface area contributed by atoms with E-state index in [0.29, 0.717) is 6.07 Å². The fourth-order valence-corrected chi connectivity index (χ4v) is 1.40. The second-order valence-corrected chi connectivity index (χ2v) is 3.47. The van der Waals surface area contributed by atoms with Gasteiger partial charge in [-0.05, 0) is 12.1 Å². The maximum atomic E-state index is 13.7. The van der Waals surface area contributed by atoms with Crippen LogP contribution in [-0.4, -0.2) is 19.7 Å². The van der Waals surface area contributed by atoms with Crippen LogP contribution in [0.1, 0.15) is 5.56 Å². The van der Waals surface area contributed by atoms with Crippen molar-refractivity contribution < 1.29 is 31.1 Å². The van der Waals surface area contributed by atoms with E-state index < -0.39 is 29.6 Å². The molecule has 0 fully saturated rings. The Hall–Kier alpha value is -1.60. The molecule has 1 atom stereocenters. The van der Waals surface area contributed by atoms with E-state index in [0.717, 1.165) is 19.2 Å². The summed E-state index contributed by atoms with van der Waals surface area (Å²) in [7, 11) is 0.931. The Bertz CT molecular complexity index is 433. The van der Waals surface area contributed by atoms with Crippen LogP contribution in [0.25, 0.3) is 0 Å². The standard InChI is InChI=1S/C10H9F6NO/c1-18-7-4-5(17)2-3-6(7)9(13,8(11)12)10(14,15)16/h2-4,8H,17H2,1H3. The SMILES string of the molecule is COc1cc(N)ccc1C(F)(C(F)F)C(F)(F)F. The number of methoxy groups -OCH3 is 1. The van der Waals surface area contributed by atoms with E-state index >= 15 is 0 Å². The number of hydrogen-bond acceptors (Lipinski definition) is 2. The zero-order valence-corrected chi connectivity index (χ0v) is 9.06. The first kappa shape index (κ1) is 14.5. The lowest BCUT2D eigenvalue weighted by atomic mass is 9.94. The van der Waals surface area contributed by atoms with Gasteiger partial charge >= 0.3 is 6.18 Å². The number of benzene rings is 1. The Balaban J connectivity index is 3.49. The molecule has 102 valence electrons. The summed E-state index contributed by atoms with van der Waals surface area (Å²) in [6, 6.07) is 2.27. The molecule has 0 aliphatic heterocycles. The summed E-state index contributed by atoms with van der Waals surface area (Å²) in [5, 5.41) is 0. The molecule has 18 heavy (non-hydrogen) atoms. The monoisotopic (exact) mass is 273 g/mol. The van der Waals surface area contributed by atoms with Crippen LogP contribution in [0.5, 0.6) is 5.75 Å². The first-order valence-electron chi connectivity index (χ1n) is 4.62. The molecular weight excluding hydrogens is 264 g/mol. The summed E-state index contributed by atoms with van der Waals surface area (Å²) in [6.45, 7) is 0. The van der Waals surface area contributed by atoms with Gasteiger partial charge in [0.25, 0.3) is 12.1 Å². The zero-order valence-electron chi connectivity index (χ0n) is 9.06. The Morgan fingerprint density at radius 2 is 1.72 bits per heavy atom. The largest absolute Gasteiger partial charge is 0.496 e. The molecule has 1 aromatic rings. The van der Waals surface area contributed by atoms with Crippen molar-refractivity contribution in [3.8, 4) is 5.75 Å². The van der Waals surface area contributed by atoms with Gasteiger partial charge in [0.2, 0.25) is 0 Å². The lowest BCUT2D eigenvalue weighted by Gasteiger charge is -2.28. The fraction of sp³-hybridized carbons (Fsp3) is 0.400. The van der Waals surface area contributed by atoms with Gasteiger partial charge in [-0.1, -0.05) is 0 Å². The number of nitrogen functional groups attached to an aromatic ring is 1. The smallest absolute Gasteiger partial charge is 0.432 e. The summed E-state index contributed by atoms with van der Waals surface area (Å²) in [6.07, 6.45) is -10.1. The van der Waals surface area contributed by atoms with Crippen LogP contribution in [0.15, 0.2) is 18.2 Å². The van der Waals surface area contributed by atoms with E-state index in [2.05, 4.69) is 4.74 Å². The topological polar surface area (TPSA) is 35.2 Å². The van der Waals surface area contributed by atoms with Crippen molar-refractivity contribution in [3.63, 3.8) is 0 Å². The second-order valence-electron chi connectivity index (χ2n) is 3.47. The highest BCUT2D eigenvalue weighted by Crippen LogP contribution is 2.50. The second kappa shape index (κ2) is 4.58. The van der Waals surface area contributed by atoms with Crippen molar-refractivity contribution in [2.45, 2.75) is 18.3 Å². The van der Waals surface area contributed by atoms with Crippen molar-refractivity contribution >= 4 is 5.69 Å². The minimum Gasteiger partial charge on any atom is -0.496 e. The van der Waals surface area contributed by atoms with Gasteiger partial charge in [-0.25, -0.2) is 13.2 Å². The van der Waals surface area contributed by atoms with E-state index in [1.54, 1.807) is 0 Å². The van der Waals surface area contributed by atoms with E-state index in [-0.39, 0.29) is 5.69 Å². The minimum absolute atomic E-state index is 0.0330. The molecule has 0 spiro atoms. The molecule has 1 rings (SSSR count). The lowest BCUT2D eigenvalue weighted by molar-refractivity contribution is -0.274. The maximum absolute atomic E-state index is 13.7. The maximum Gasteiger partial charge on any atom is 0.432 e. The highest BCUT2D eigenvalue weighted by molar-refractivity contribution is 5.51. The third kappa shape index (κ3) is 2.19. The van der Waals surface area contributed by atoms with Gasteiger partial charge < -0.3 is 10.5 Å². The molecule has 0 heterocycles. The van der Waals surface area contributed by atoms with E-state index in [9.17, 15) is 26.3 Å². The highest BCUT2D eigenvalue weighted by atomic mass is 19.4. The van der Waals surface area contributed by atoms with Crippen molar-refractivity contribution in [2.24, 2.45) is 0 Å². The Morgan fingerprint density at radius 3 is 2.11 bits per heavy atom. The fourth-order valence-electron chi connectivity index (χ4n) is 1.40. The molecular formula is C10H9F6NO. The molecule has 0 radical (unpaired) electrons. The summed E-state index contributed by atoms with van der Waals surface area (Å²) >= 11 is 0. The molecule has 2 N–H and O–H groups in total. The van der Waals surface area contributed by atoms with Gasteiger partial charge in [-0.15, -0.1) is 0 Å². The summed E-state index contributed by atoms with van der Waals surface area (Å²) in [4.78, 5) is 0. The summed E-state index contributed by atoms with van der Waals surface area (Å²) < 4.78 is 80.7. The van der Waals surface area contributed by atoms with E-state index in [4.69, 9.17) is 5.73 Å². The number of anilines is 1. The molecule has 0 aliphatic carbocycles. The van der Waals surface area contributed by atoms with Crippen LogP contribution in [0.4, 0.5) is 32.0 Å². The summed E-state index contributed by atoms with van der Waals surface area (Å²) in [5.41, 5.74) is -0.876. The van der Waals surface area contributed by atoms with Crippen molar-refractivity contribution in [3.05, 3.63) is 23.8 Å². The third-order valence-electron chi connectivity index (χ3n) is 2.33. The Kier molecular flexibility index (Phi) is 3.68. The first-order valence-corrected chi connectivity index (χ1v) is 4.62. The molecule has 1 aromatic carbocycles. The number of ether oxygens (including phenoxy) is 1. The predicted molar refractivity (Wildman–Crippen MR) is 52.3 cm³/mol. The van der Waals surface area contributed by atoms with Crippen LogP contribution in [0.2, 0.25) is 0 Å². The highest BCUT2D eigenvalue weighted by Gasteiger charge is 2.65. The number of rotatable bonds is 3. The molecule has 8 heteroatoms. The van der Waals surface area contributed by atoms with E-state index in [1.165, 1.54) is 0 Å². The van der Waals surface area contributed by atoms with Crippen LogP contribution in [0.3, 0.4) is 0 Å². The molecule has 0 amide bonds. The van der Waals surface area contributed by atoms with Crippen molar-refractivity contribution in [1.82, 2.24) is 0 Å². The molecule has 0 bridgehead atoms. The average molecular weight is 273 g/mol. The molecule has 0 aliphatic rings. The van der Waals surface area contributed by atoms with Gasteiger partial charge in [0.05, 0.1) is 7.11 Å². The molecule has 2 nitrogen and oxygen atoms in total. The Labute approximate surface area is 98.3 Å². The number of nitrogens with two attached hydrogens (primary N) is 1. The van der Waals surface area contributed by atoms with Gasteiger partial charge in [0, 0.05) is 17.3 Å². The number of alkyl halides is 6. The summed E-state index contributed by atoms with van der Waals surface area (Å²) in [5.74, 6) is -0.685. The quantitative estimate of drug-likeness (QED) is 0.677. The van der Waals surface area contributed by atoms with Crippen molar-refractivity contribution in [1.29, 1.82) is 0 Å². The van der Waals surface area contributed by atoms with Crippen LogP contribution in [-0.2, 0) is 5.67 Å². The van der Waals surface area contributed by atoms with Crippen molar-refractivity contribution in [2.75, 3.05) is 12.8 Å². The molecule has 0 saturated carbocycles. The van der Waals surface area contributed by atoms with Gasteiger partial charge in [0.1, 0.15) is 5.75 Å². The molecule has 0 saturated heterocycles. The first-order chi connectivity index (χ1) is 8.14. The van der Waals surface area contributed by atoms with E-state index in [1.807, 2.05) is 0 Å². The van der Waals surface area contributed by atoms with Crippen LogP contribution >= 0.6 is 0 Å². The normalized spacial score (nSPS) is 15.6. The van der Waals surface area contributed by atoms with Gasteiger partial charge in [-0.2, -0.15) is 13.2 Å². The van der Waals surface area contributed by atoms with Crippen LogP contribution < -0.4 is 10.5 Å². The predicted octanol–water partition coefficient (Wildman–Crippen LogP) is 3.27. The van der Waals surface area contributed by atoms with Gasteiger partial charge in [-0.3, -0.25) is 0 Å². The lowest BCUT2D eigenvalue weighted by Crippen LogP contribution is -2.44. The zero-order chi connectivity index (χ0) is 14.1.